The fourth-order valence-corrected chi connectivity index (χ4v) is 3.55. The van der Waals surface area contributed by atoms with Crippen LogP contribution in [0, 0.1) is 20.8 Å². The molecule has 110 valence electrons. The molecule has 3 aromatic heterocycles. The van der Waals surface area contributed by atoms with Gasteiger partial charge < -0.3 is 0 Å². The summed E-state index contributed by atoms with van der Waals surface area (Å²) in [5.41, 5.74) is 3.03. The Morgan fingerprint density at radius 1 is 1.09 bits per heavy atom. The summed E-state index contributed by atoms with van der Waals surface area (Å²) in [5.74, 6) is 1.06. The lowest BCUT2D eigenvalue weighted by atomic mass is 10.1. The van der Waals surface area contributed by atoms with Gasteiger partial charge >= 0.3 is 0 Å². The average molecular weight is 310 g/mol. The predicted molar refractivity (Wildman–Crippen MR) is 88.6 cm³/mol. The molecule has 0 fully saturated rings. The summed E-state index contributed by atoms with van der Waals surface area (Å²) in [6.07, 6.45) is 0. The lowest BCUT2D eigenvalue weighted by molar-refractivity contribution is 0.919. The average Bonchev–Trinajstić information content (AvgIpc) is 3.03. The molecule has 0 spiro atoms. The highest BCUT2D eigenvalue weighted by Crippen LogP contribution is 2.26. The summed E-state index contributed by atoms with van der Waals surface area (Å²) < 4.78 is 1.43. The number of hydrogen-bond acceptors (Lipinski definition) is 4. The number of H-pyrrole nitrogens is 1. The van der Waals surface area contributed by atoms with E-state index in [-0.39, 0.29) is 5.56 Å². The van der Waals surface area contributed by atoms with Crippen LogP contribution in [0.5, 0.6) is 0 Å². The molecule has 0 amide bonds. The zero-order chi connectivity index (χ0) is 15.4. The molecule has 5 nitrogen and oxygen atoms in total. The molecule has 1 aromatic carbocycles. The molecule has 0 aliphatic carbocycles. The normalized spacial score (nSPS) is 11.6. The van der Waals surface area contributed by atoms with E-state index >= 15 is 0 Å². The number of aromatic nitrogens is 4. The van der Waals surface area contributed by atoms with Crippen molar-refractivity contribution >= 4 is 27.3 Å². The first-order chi connectivity index (χ1) is 10.5. The van der Waals surface area contributed by atoms with Crippen LogP contribution in [0.1, 0.15) is 16.0 Å². The number of rotatable bonds is 1. The summed E-state index contributed by atoms with van der Waals surface area (Å²) in [6.45, 7) is 6.00. The van der Waals surface area contributed by atoms with Gasteiger partial charge in [0, 0.05) is 10.4 Å². The van der Waals surface area contributed by atoms with Crippen molar-refractivity contribution in [3.8, 4) is 11.4 Å². The van der Waals surface area contributed by atoms with E-state index in [0.717, 1.165) is 20.8 Å². The SMILES string of the molecule is Cc1ccc(-c2nc3nc4sc(C)c(C)c4c(=O)n3[nH]2)cc1. The fraction of sp³-hybridized carbons (Fsp3) is 0.188. The fourth-order valence-electron chi connectivity index (χ4n) is 2.53. The Morgan fingerprint density at radius 3 is 2.55 bits per heavy atom. The summed E-state index contributed by atoms with van der Waals surface area (Å²) in [6, 6.07) is 8.00. The smallest absolute Gasteiger partial charge is 0.271 e. The standard InChI is InChI=1S/C16H14N4OS/c1-8-4-6-11(7-5-8)13-17-16-18-14-12(9(2)10(3)22-14)15(21)20(16)19-13/h4-7H,1-3H3,(H,17,18,19). The van der Waals surface area contributed by atoms with E-state index in [9.17, 15) is 4.79 Å². The quantitative estimate of drug-likeness (QED) is 0.587. The minimum atomic E-state index is -0.0901. The Bertz CT molecular complexity index is 1070. The molecule has 0 aliphatic rings. The Labute approximate surface area is 130 Å². The number of benzene rings is 1. The van der Waals surface area contributed by atoms with E-state index in [0.29, 0.717) is 17.0 Å². The van der Waals surface area contributed by atoms with Gasteiger partial charge in [0.2, 0.25) is 0 Å². The first-order valence-electron chi connectivity index (χ1n) is 7.00. The summed E-state index contributed by atoms with van der Waals surface area (Å²) >= 11 is 1.54. The second-order valence-electron chi connectivity index (χ2n) is 5.45. The van der Waals surface area contributed by atoms with Crippen LogP contribution in [0.4, 0.5) is 0 Å². The Hall–Kier alpha value is -2.47. The van der Waals surface area contributed by atoms with Crippen LogP contribution in [0.2, 0.25) is 0 Å². The summed E-state index contributed by atoms with van der Waals surface area (Å²) in [7, 11) is 0. The van der Waals surface area contributed by atoms with Gasteiger partial charge in [0.1, 0.15) is 4.83 Å². The maximum absolute atomic E-state index is 12.7. The van der Waals surface area contributed by atoms with Gasteiger partial charge in [-0.05, 0) is 26.3 Å². The van der Waals surface area contributed by atoms with Crippen LogP contribution in [0.3, 0.4) is 0 Å². The van der Waals surface area contributed by atoms with Crippen LogP contribution < -0.4 is 5.56 Å². The van der Waals surface area contributed by atoms with Crippen LogP contribution >= 0.6 is 11.3 Å². The second-order valence-corrected chi connectivity index (χ2v) is 6.66. The molecule has 0 radical (unpaired) electrons. The molecular formula is C16H14N4OS. The number of nitrogens with one attached hydrogen (secondary N) is 1. The van der Waals surface area contributed by atoms with Crippen molar-refractivity contribution in [1.29, 1.82) is 0 Å². The lowest BCUT2D eigenvalue weighted by Crippen LogP contribution is -2.15. The third kappa shape index (κ3) is 1.80. The highest BCUT2D eigenvalue weighted by atomic mass is 32.1. The molecular weight excluding hydrogens is 296 g/mol. The number of aromatic amines is 1. The van der Waals surface area contributed by atoms with Gasteiger partial charge in [0.25, 0.3) is 11.3 Å². The molecule has 0 aliphatic heterocycles. The third-order valence-electron chi connectivity index (χ3n) is 3.94. The molecule has 6 heteroatoms. The van der Waals surface area contributed by atoms with Crippen molar-refractivity contribution in [2.75, 3.05) is 0 Å². The van der Waals surface area contributed by atoms with Gasteiger partial charge in [-0.3, -0.25) is 9.89 Å². The van der Waals surface area contributed by atoms with Crippen LogP contribution in [0.15, 0.2) is 29.1 Å². The van der Waals surface area contributed by atoms with Crippen molar-refractivity contribution < 1.29 is 0 Å². The highest BCUT2D eigenvalue weighted by molar-refractivity contribution is 7.18. The topological polar surface area (TPSA) is 63.1 Å². The number of aryl methyl sites for hydroxylation is 3. The Morgan fingerprint density at radius 2 is 1.82 bits per heavy atom. The molecule has 1 N–H and O–H groups in total. The van der Waals surface area contributed by atoms with E-state index in [1.807, 2.05) is 45.0 Å². The number of thiophene rings is 1. The van der Waals surface area contributed by atoms with Crippen molar-refractivity contribution in [2.45, 2.75) is 20.8 Å². The minimum absolute atomic E-state index is 0.0901. The van der Waals surface area contributed by atoms with Crippen molar-refractivity contribution in [3.63, 3.8) is 0 Å². The first-order valence-corrected chi connectivity index (χ1v) is 7.82. The molecule has 4 aromatic rings. The Kier molecular flexibility index (Phi) is 2.71. The van der Waals surface area contributed by atoms with Gasteiger partial charge in [0.05, 0.1) is 5.39 Å². The number of fused-ring (bicyclic) bond motifs is 2. The number of nitrogens with zero attached hydrogens (tertiary/aromatic N) is 3. The predicted octanol–water partition coefficient (Wildman–Crippen LogP) is 3.22. The maximum atomic E-state index is 12.7. The lowest BCUT2D eigenvalue weighted by Gasteiger charge is -1.96. The van der Waals surface area contributed by atoms with E-state index in [4.69, 9.17) is 0 Å². The molecule has 0 unspecified atom stereocenters. The van der Waals surface area contributed by atoms with Gasteiger partial charge in [-0.2, -0.15) is 14.5 Å². The Balaban J connectivity index is 2.02. The molecule has 0 bridgehead atoms. The minimum Gasteiger partial charge on any atom is -0.271 e. The van der Waals surface area contributed by atoms with Crippen LogP contribution in [-0.4, -0.2) is 19.6 Å². The monoisotopic (exact) mass is 310 g/mol. The third-order valence-corrected chi connectivity index (χ3v) is 5.04. The van der Waals surface area contributed by atoms with Gasteiger partial charge in [-0.1, -0.05) is 29.8 Å². The molecule has 3 heterocycles. The van der Waals surface area contributed by atoms with Crippen molar-refractivity contribution in [1.82, 2.24) is 19.6 Å². The van der Waals surface area contributed by atoms with E-state index in [1.165, 1.54) is 21.4 Å². The van der Waals surface area contributed by atoms with E-state index in [2.05, 4.69) is 15.1 Å². The van der Waals surface area contributed by atoms with Crippen molar-refractivity contribution in [2.24, 2.45) is 0 Å². The highest BCUT2D eigenvalue weighted by Gasteiger charge is 2.15. The summed E-state index contributed by atoms with van der Waals surface area (Å²) in [4.78, 5) is 23.5. The molecule has 0 saturated carbocycles. The van der Waals surface area contributed by atoms with Crippen LogP contribution in [0.25, 0.3) is 27.4 Å². The first kappa shape index (κ1) is 13.2. The summed E-state index contributed by atoms with van der Waals surface area (Å²) in [5, 5.41) is 3.74. The second kappa shape index (κ2) is 4.51. The maximum Gasteiger partial charge on any atom is 0.283 e. The van der Waals surface area contributed by atoms with E-state index in [1.54, 1.807) is 0 Å². The molecule has 22 heavy (non-hydrogen) atoms. The zero-order valence-electron chi connectivity index (χ0n) is 12.5. The number of hydrogen-bond donors (Lipinski definition) is 1. The van der Waals surface area contributed by atoms with E-state index < -0.39 is 0 Å². The zero-order valence-corrected chi connectivity index (χ0v) is 13.3. The molecule has 4 rings (SSSR count). The van der Waals surface area contributed by atoms with Gasteiger partial charge in [0.15, 0.2) is 5.82 Å². The van der Waals surface area contributed by atoms with Gasteiger partial charge in [-0.15, -0.1) is 11.3 Å². The largest absolute Gasteiger partial charge is 0.283 e. The van der Waals surface area contributed by atoms with Crippen LogP contribution in [-0.2, 0) is 0 Å². The molecule has 0 saturated heterocycles. The van der Waals surface area contributed by atoms with Crippen molar-refractivity contribution in [3.05, 3.63) is 50.6 Å². The van der Waals surface area contributed by atoms with Gasteiger partial charge in [-0.25, -0.2) is 0 Å². The molecule has 0 atom stereocenters.